The van der Waals surface area contributed by atoms with Crippen LogP contribution in [0.3, 0.4) is 0 Å². The quantitative estimate of drug-likeness (QED) is 0.503. The van der Waals surface area contributed by atoms with Crippen molar-refractivity contribution < 1.29 is 17.6 Å². The van der Waals surface area contributed by atoms with Crippen molar-refractivity contribution in [3.05, 3.63) is 90.3 Å². The van der Waals surface area contributed by atoms with E-state index in [9.17, 15) is 8.42 Å². The van der Waals surface area contributed by atoms with Crippen LogP contribution in [0.15, 0.2) is 88.2 Å². The molecule has 0 unspecified atom stereocenters. The van der Waals surface area contributed by atoms with Crippen molar-refractivity contribution in [2.75, 3.05) is 7.11 Å². The number of oxazole rings is 1. The Morgan fingerprint density at radius 3 is 2.13 bits per heavy atom. The Labute approximate surface area is 175 Å². The molecule has 0 atom stereocenters. The predicted octanol–water partition coefficient (Wildman–Crippen LogP) is 4.26. The molecule has 2 N–H and O–H groups in total. The lowest BCUT2D eigenvalue weighted by atomic mass is 10.1. The first kappa shape index (κ1) is 19.9. The first-order valence-corrected chi connectivity index (χ1v) is 10.8. The Morgan fingerprint density at radius 1 is 0.900 bits per heavy atom. The highest BCUT2D eigenvalue weighted by atomic mass is 32.2. The summed E-state index contributed by atoms with van der Waals surface area (Å²) in [7, 11) is -2.15. The third kappa shape index (κ3) is 4.27. The van der Waals surface area contributed by atoms with Crippen molar-refractivity contribution in [1.82, 2.24) is 4.98 Å². The molecule has 4 aromatic rings. The van der Waals surface area contributed by atoms with Gasteiger partial charge in [0.15, 0.2) is 11.7 Å². The van der Waals surface area contributed by atoms with Crippen LogP contribution in [0.1, 0.15) is 11.5 Å². The van der Waals surface area contributed by atoms with E-state index in [2.05, 4.69) is 0 Å². The summed E-state index contributed by atoms with van der Waals surface area (Å²) in [5, 5.41) is 5.21. The number of sulfonamides is 1. The Morgan fingerprint density at radius 2 is 1.53 bits per heavy atom. The molecule has 0 saturated carbocycles. The molecule has 7 heteroatoms. The van der Waals surface area contributed by atoms with Crippen LogP contribution in [-0.4, -0.2) is 20.5 Å². The summed E-state index contributed by atoms with van der Waals surface area (Å²) in [6, 6.07) is 23.7. The Kier molecular flexibility index (Phi) is 5.39. The lowest BCUT2D eigenvalue weighted by molar-refractivity contribution is 0.415. The molecule has 0 radical (unpaired) electrons. The fourth-order valence-corrected chi connectivity index (χ4v) is 3.66. The van der Waals surface area contributed by atoms with Crippen molar-refractivity contribution >= 4 is 10.0 Å². The van der Waals surface area contributed by atoms with E-state index in [0.717, 1.165) is 16.9 Å². The van der Waals surface area contributed by atoms with Crippen molar-refractivity contribution in [2.24, 2.45) is 5.14 Å². The molecule has 4 rings (SSSR count). The van der Waals surface area contributed by atoms with Gasteiger partial charge < -0.3 is 9.15 Å². The molecule has 30 heavy (non-hydrogen) atoms. The minimum Gasteiger partial charge on any atom is -0.497 e. The molecule has 0 aliphatic carbocycles. The van der Waals surface area contributed by atoms with E-state index in [1.807, 2.05) is 54.6 Å². The van der Waals surface area contributed by atoms with Gasteiger partial charge in [0, 0.05) is 17.5 Å². The first-order valence-electron chi connectivity index (χ1n) is 9.25. The normalized spacial score (nSPS) is 11.4. The monoisotopic (exact) mass is 420 g/mol. The minimum atomic E-state index is -3.77. The fraction of sp³-hybridized carbons (Fsp3) is 0.0870. The number of primary sulfonamides is 1. The molecule has 1 heterocycles. The Bertz CT molecular complexity index is 1250. The van der Waals surface area contributed by atoms with E-state index >= 15 is 0 Å². The Balaban J connectivity index is 1.78. The number of rotatable bonds is 6. The second-order valence-corrected chi connectivity index (χ2v) is 8.31. The molecular weight excluding hydrogens is 400 g/mol. The highest BCUT2D eigenvalue weighted by Gasteiger charge is 2.18. The molecule has 0 aliphatic heterocycles. The maximum absolute atomic E-state index is 11.6. The summed E-state index contributed by atoms with van der Waals surface area (Å²) in [6.45, 7) is 0. The van der Waals surface area contributed by atoms with Crippen LogP contribution in [0.5, 0.6) is 5.75 Å². The molecule has 1 aromatic heterocycles. The van der Waals surface area contributed by atoms with Crippen LogP contribution in [0, 0.1) is 0 Å². The van der Waals surface area contributed by atoms with E-state index in [-0.39, 0.29) is 4.90 Å². The van der Waals surface area contributed by atoms with Gasteiger partial charge in [-0.3, -0.25) is 0 Å². The summed E-state index contributed by atoms with van der Waals surface area (Å²) in [6.07, 6.45) is 0.541. The van der Waals surface area contributed by atoms with E-state index < -0.39 is 10.0 Å². The number of hydrogen-bond donors (Lipinski definition) is 1. The fourth-order valence-electron chi connectivity index (χ4n) is 3.15. The third-order valence-electron chi connectivity index (χ3n) is 4.68. The summed E-state index contributed by atoms with van der Waals surface area (Å²) in [5.74, 6) is 1.87. The number of aromatic nitrogens is 1. The van der Waals surface area contributed by atoms with Gasteiger partial charge in [0.1, 0.15) is 11.4 Å². The highest BCUT2D eigenvalue weighted by molar-refractivity contribution is 7.89. The molecule has 3 aromatic carbocycles. The molecule has 0 fully saturated rings. The van der Waals surface area contributed by atoms with Crippen LogP contribution >= 0.6 is 0 Å². The van der Waals surface area contributed by atoms with E-state index in [1.54, 1.807) is 19.2 Å². The van der Waals surface area contributed by atoms with Crippen LogP contribution in [0.2, 0.25) is 0 Å². The van der Waals surface area contributed by atoms with Gasteiger partial charge >= 0.3 is 0 Å². The highest BCUT2D eigenvalue weighted by Crippen LogP contribution is 2.34. The van der Waals surface area contributed by atoms with Crippen molar-refractivity contribution in [1.29, 1.82) is 0 Å². The SMILES string of the molecule is COc1ccc(-c2nc(Cc3ccccc3)oc2-c2ccc(S(N)(=O)=O)cc2)cc1. The van der Waals surface area contributed by atoms with Crippen LogP contribution in [-0.2, 0) is 16.4 Å². The second-order valence-electron chi connectivity index (χ2n) is 6.75. The number of nitrogens with two attached hydrogens (primary N) is 1. The zero-order valence-corrected chi connectivity index (χ0v) is 17.1. The number of benzene rings is 3. The van der Waals surface area contributed by atoms with E-state index in [1.165, 1.54) is 12.1 Å². The topological polar surface area (TPSA) is 95.4 Å². The van der Waals surface area contributed by atoms with Crippen molar-refractivity contribution in [3.8, 4) is 28.3 Å². The van der Waals surface area contributed by atoms with Gasteiger partial charge in [0.25, 0.3) is 0 Å². The van der Waals surface area contributed by atoms with Gasteiger partial charge in [-0.05, 0) is 54.1 Å². The summed E-state index contributed by atoms with van der Waals surface area (Å²) in [5.41, 5.74) is 3.33. The molecule has 0 bridgehead atoms. The molecular formula is C23H20N2O4S. The standard InChI is InChI=1S/C23H20N2O4S/c1-28-19-11-7-17(8-12-19)22-23(18-9-13-20(14-10-18)30(24,26)27)29-21(25-22)15-16-5-3-2-4-6-16/h2-14H,15H2,1H3,(H2,24,26,27). The third-order valence-corrected chi connectivity index (χ3v) is 5.61. The van der Waals surface area contributed by atoms with Gasteiger partial charge in [-0.1, -0.05) is 30.3 Å². The largest absolute Gasteiger partial charge is 0.497 e. The summed E-state index contributed by atoms with van der Waals surface area (Å²) >= 11 is 0. The molecule has 0 saturated heterocycles. The van der Waals surface area contributed by atoms with Gasteiger partial charge in [-0.25, -0.2) is 18.5 Å². The number of ether oxygens (including phenoxy) is 1. The van der Waals surface area contributed by atoms with Crippen LogP contribution < -0.4 is 9.88 Å². The number of nitrogens with zero attached hydrogens (tertiary/aromatic N) is 1. The van der Waals surface area contributed by atoms with Crippen molar-refractivity contribution in [3.63, 3.8) is 0 Å². The lowest BCUT2D eigenvalue weighted by Crippen LogP contribution is -2.11. The Hall–Kier alpha value is -3.42. The zero-order chi connectivity index (χ0) is 21.1. The van der Waals surface area contributed by atoms with E-state index in [4.69, 9.17) is 19.3 Å². The maximum Gasteiger partial charge on any atom is 0.238 e. The maximum atomic E-state index is 11.6. The molecule has 6 nitrogen and oxygen atoms in total. The number of methoxy groups -OCH3 is 1. The van der Waals surface area contributed by atoms with Gasteiger partial charge in [0.05, 0.1) is 12.0 Å². The smallest absolute Gasteiger partial charge is 0.238 e. The summed E-state index contributed by atoms with van der Waals surface area (Å²) < 4.78 is 34.5. The molecule has 0 amide bonds. The van der Waals surface area contributed by atoms with Gasteiger partial charge in [-0.15, -0.1) is 0 Å². The van der Waals surface area contributed by atoms with Crippen molar-refractivity contribution in [2.45, 2.75) is 11.3 Å². The molecule has 0 aliphatic rings. The van der Waals surface area contributed by atoms with Gasteiger partial charge in [0.2, 0.25) is 10.0 Å². The average molecular weight is 420 g/mol. The number of hydrogen-bond acceptors (Lipinski definition) is 5. The van der Waals surface area contributed by atoms with Crippen LogP contribution in [0.25, 0.3) is 22.6 Å². The zero-order valence-electron chi connectivity index (χ0n) is 16.3. The minimum absolute atomic E-state index is 0.0428. The predicted molar refractivity (Wildman–Crippen MR) is 115 cm³/mol. The van der Waals surface area contributed by atoms with Gasteiger partial charge in [-0.2, -0.15) is 0 Å². The summed E-state index contributed by atoms with van der Waals surface area (Å²) in [4.78, 5) is 4.77. The first-order chi connectivity index (χ1) is 14.4. The van der Waals surface area contributed by atoms with E-state index in [0.29, 0.717) is 29.3 Å². The lowest BCUT2D eigenvalue weighted by Gasteiger charge is -2.04. The second kappa shape index (κ2) is 8.14. The van der Waals surface area contributed by atoms with Crippen LogP contribution in [0.4, 0.5) is 0 Å². The molecule has 152 valence electrons. The molecule has 0 spiro atoms. The average Bonchev–Trinajstić information content (AvgIpc) is 3.18.